The van der Waals surface area contributed by atoms with E-state index in [-0.39, 0.29) is 17.8 Å². The molecule has 0 radical (unpaired) electrons. The highest BCUT2D eigenvalue weighted by atomic mass is 32.2. The summed E-state index contributed by atoms with van der Waals surface area (Å²) in [5.41, 5.74) is 2.04. The van der Waals surface area contributed by atoms with Gasteiger partial charge in [-0.2, -0.15) is 0 Å². The maximum Gasteiger partial charge on any atom is 0.157 e. The maximum atomic E-state index is 10.6. The van der Waals surface area contributed by atoms with Crippen molar-refractivity contribution in [1.29, 1.82) is 0 Å². The molecule has 5 atom stereocenters. The van der Waals surface area contributed by atoms with Gasteiger partial charge in [-0.25, -0.2) is 4.68 Å². The average Bonchev–Trinajstić information content (AvgIpc) is 3.32. The topological polar surface area (TPSA) is 116 Å². The zero-order chi connectivity index (χ0) is 20.8. The molecule has 9 heteroatoms. The second-order valence-electron chi connectivity index (χ2n) is 7.24. The predicted molar refractivity (Wildman–Crippen MR) is 114 cm³/mol. The Labute approximate surface area is 175 Å². The lowest BCUT2D eigenvalue weighted by atomic mass is 9.99. The number of hydrogen-bond donors (Lipinski definition) is 4. The van der Waals surface area contributed by atoms with Crippen LogP contribution in [0.15, 0.2) is 41.5 Å². The summed E-state index contributed by atoms with van der Waals surface area (Å²) in [6.07, 6.45) is -0.241. The lowest BCUT2D eigenvalue weighted by molar-refractivity contribution is -0.0750. The first kappa shape index (κ1) is 21.8. The number of hydrogen-bond acceptors (Lipinski definition) is 7. The second kappa shape index (κ2) is 10.2. The van der Waals surface area contributed by atoms with Gasteiger partial charge >= 0.3 is 0 Å². The molecular formula is C20H29N5O3S. The van der Waals surface area contributed by atoms with Gasteiger partial charge in [-0.1, -0.05) is 54.2 Å². The first-order valence-corrected chi connectivity index (χ1v) is 10.8. The zero-order valence-electron chi connectivity index (χ0n) is 16.7. The standard InChI is InChI=1S/C20H29N5O3S/c1-3-21-20-22-17(13(2)29-20)19(28)18(27)16(26)12-25-11-15(23-24-25)10-9-14-7-5-4-6-8-14/h4-8,11,13,16-19,26-28H,3,9-10,12H2,1-2H3,(H,21,22)/t13-,16+,17-,18+,19+/m0/s1. The van der Waals surface area contributed by atoms with Crippen molar-refractivity contribution in [2.24, 2.45) is 4.99 Å². The van der Waals surface area contributed by atoms with Crippen molar-refractivity contribution < 1.29 is 15.3 Å². The van der Waals surface area contributed by atoms with Crippen molar-refractivity contribution in [1.82, 2.24) is 20.3 Å². The third-order valence-electron chi connectivity index (χ3n) is 4.98. The normalized spacial score (nSPS) is 23.7. The summed E-state index contributed by atoms with van der Waals surface area (Å²) >= 11 is 1.53. The summed E-state index contributed by atoms with van der Waals surface area (Å²) in [7, 11) is 0. The lowest BCUT2D eigenvalue weighted by Gasteiger charge is -2.28. The number of aliphatic hydroxyl groups is 3. The number of amidine groups is 1. The van der Waals surface area contributed by atoms with Gasteiger partial charge in [-0.15, -0.1) is 5.10 Å². The van der Waals surface area contributed by atoms with Crippen LogP contribution < -0.4 is 5.32 Å². The van der Waals surface area contributed by atoms with Gasteiger partial charge < -0.3 is 20.6 Å². The van der Waals surface area contributed by atoms with E-state index >= 15 is 0 Å². The molecule has 158 valence electrons. The van der Waals surface area contributed by atoms with Gasteiger partial charge in [-0.05, 0) is 25.3 Å². The van der Waals surface area contributed by atoms with Crippen LogP contribution in [0.25, 0.3) is 0 Å². The molecule has 1 aliphatic heterocycles. The Balaban J connectivity index is 1.52. The molecule has 0 saturated carbocycles. The fraction of sp³-hybridized carbons (Fsp3) is 0.550. The number of aliphatic hydroxyl groups excluding tert-OH is 3. The summed E-state index contributed by atoms with van der Waals surface area (Å²) < 4.78 is 1.51. The molecule has 4 N–H and O–H groups in total. The highest BCUT2D eigenvalue weighted by Crippen LogP contribution is 2.26. The Hall–Kier alpha value is -1.94. The van der Waals surface area contributed by atoms with Crippen LogP contribution in [0.2, 0.25) is 0 Å². The molecule has 1 saturated heterocycles. The molecule has 2 heterocycles. The average molecular weight is 420 g/mol. The van der Waals surface area contributed by atoms with Gasteiger partial charge in [0.15, 0.2) is 5.17 Å². The van der Waals surface area contributed by atoms with Gasteiger partial charge in [0.05, 0.1) is 18.3 Å². The predicted octanol–water partition coefficient (Wildman–Crippen LogP) is 0.615. The first-order valence-electron chi connectivity index (χ1n) is 9.92. The Morgan fingerprint density at radius 3 is 2.69 bits per heavy atom. The van der Waals surface area contributed by atoms with Crippen LogP contribution in [0.1, 0.15) is 25.1 Å². The van der Waals surface area contributed by atoms with Crippen LogP contribution in [0.3, 0.4) is 0 Å². The van der Waals surface area contributed by atoms with Crippen molar-refractivity contribution in [3.05, 3.63) is 47.8 Å². The van der Waals surface area contributed by atoms with Crippen LogP contribution in [0, 0.1) is 0 Å². The van der Waals surface area contributed by atoms with Crippen molar-refractivity contribution in [2.45, 2.75) is 62.8 Å². The summed E-state index contributed by atoms with van der Waals surface area (Å²) in [5, 5.41) is 43.5. The first-order chi connectivity index (χ1) is 14.0. The molecule has 0 aliphatic carbocycles. The van der Waals surface area contributed by atoms with E-state index in [9.17, 15) is 15.3 Å². The van der Waals surface area contributed by atoms with Gasteiger partial charge in [0.1, 0.15) is 18.3 Å². The molecule has 1 fully saturated rings. The molecule has 2 aromatic rings. The van der Waals surface area contributed by atoms with E-state index in [1.807, 2.05) is 32.0 Å². The van der Waals surface area contributed by atoms with E-state index in [1.165, 1.54) is 22.0 Å². The Bertz CT molecular complexity index is 800. The number of aliphatic imine (C=N–C) groups is 1. The number of rotatable bonds is 9. The Morgan fingerprint density at radius 2 is 1.97 bits per heavy atom. The van der Waals surface area contributed by atoms with E-state index < -0.39 is 18.3 Å². The quantitative estimate of drug-likeness (QED) is 0.471. The summed E-state index contributed by atoms with van der Waals surface area (Å²) in [6.45, 7) is 4.60. The molecule has 1 aromatic carbocycles. The molecule has 1 aromatic heterocycles. The molecule has 8 nitrogen and oxygen atoms in total. The van der Waals surface area contributed by atoms with E-state index in [1.54, 1.807) is 6.20 Å². The van der Waals surface area contributed by atoms with Gasteiger partial charge in [0.25, 0.3) is 0 Å². The molecule has 29 heavy (non-hydrogen) atoms. The maximum absolute atomic E-state index is 10.6. The smallest absolute Gasteiger partial charge is 0.157 e. The minimum absolute atomic E-state index is 0.0353. The third-order valence-corrected chi connectivity index (χ3v) is 6.12. The van der Waals surface area contributed by atoms with Gasteiger partial charge in [-0.3, -0.25) is 4.99 Å². The lowest BCUT2D eigenvalue weighted by Crippen LogP contribution is -2.52. The van der Waals surface area contributed by atoms with Crippen molar-refractivity contribution >= 4 is 16.9 Å². The van der Waals surface area contributed by atoms with Crippen LogP contribution >= 0.6 is 11.8 Å². The molecule has 0 amide bonds. The summed E-state index contributed by atoms with van der Waals surface area (Å²) in [4.78, 5) is 4.31. The molecule has 0 spiro atoms. The zero-order valence-corrected chi connectivity index (χ0v) is 17.5. The number of benzene rings is 1. The third kappa shape index (κ3) is 5.79. The molecule has 0 unspecified atom stereocenters. The number of nitrogens with zero attached hydrogens (tertiary/aromatic N) is 4. The van der Waals surface area contributed by atoms with Crippen molar-refractivity contribution in [2.75, 3.05) is 6.54 Å². The highest BCUT2D eigenvalue weighted by molar-refractivity contribution is 8.14. The highest BCUT2D eigenvalue weighted by Gasteiger charge is 2.39. The minimum atomic E-state index is -1.31. The van der Waals surface area contributed by atoms with Gasteiger partial charge in [0, 0.05) is 18.0 Å². The fourth-order valence-corrected chi connectivity index (χ4v) is 4.47. The molecular weight excluding hydrogens is 390 g/mol. The van der Waals surface area contributed by atoms with Gasteiger partial charge in [0.2, 0.25) is 0 Å². The largest absolute Gasteiger partial charge is 0.388 e. The minimum Gasteiger partial charge on any atom is -0.388 e. The van der Waals surface area contributed by atoms with Crippen LogP contribution in [0.5, 0.6) is 0 Å². The summed E-state index contributed by atoms with van der Waals surface area (Å²) in [6, 6.07) is 9.75. The molecule has 3 rings (SSSR count). The molecule has 0 bridgehead atoms. The molecule has 1 aliphatic rings. The van der Waals surface area contributed by atoms with Crippen LogP contribution in [0.4, 0.5) is 0 Å². The van der Waals surface area contributed by atoms with Crippen molar-refractivity contribution in [3.8, 4) is 0 Å². The second-order valence-corrected chi connectivity index (χ2v) is 8.60. The van der Waals surface area contributed by atoms with Crippen LogP contribution in [-0.4, -0.2) is 71.6 Å². The number of aromatic nitrogens is 3. The van der Waals surface area contributed by atoms with Crippen LogP contribution in [-0.2, 0) is 19.4 Å². The van der Waals surface area contributed by atoms with E-state index in [2.05, 4.69) is 32.8 Å². The number of aryl methyl sites for hydroxylation is 2. The van der Waals surface area contributed by atoms with E-state index in [4.69, 9.17) is 0 Å². The fourth-order valence-electron chi connectivity index (χ4n) is 3.33. The monoisotopic (exact) mass is 419 g/mol. The number of thioether (sulfide) groups is 1. The SMILES string of the molecule is CCN=C1N[C@H]([C@@H](O)[C@H](O)[C@H](O)Cn2cc(CCc3ccccc3)nn2)[C@H](C)S1. The van der Waals surface area contributed by atoms with E-state index in [0.29, 0.717) is 6.54 Å². The Kier molecular flexibility index (Phi) is 7.65. The number of nitrogens with one attached hydrogen (secondary N) is 1. The summed E-state index contributed by atoms with van der Waals surface area (Å²) in [5.74, 6) is 0. The van der Waals surface area contributed by atoms with E-state index in [0.717, 1.165) is 23.7 Å². The van der Waals surface area contributed by atoms with Crippen molar-refractivity contribution in [3.63, 3.8) is 0 Å². The Morgan fingerprint density at radius 1 is 1.21 bits per heavy atom.